The highest BCUT2D eigenvalue weighted by Crippen LogP contribution is 2.26. The lowest BCUT2D eigenvalue weighted by Crippen LogP contribution is -2.11. The number of aromatic nitrogens is 3. The number of rotatable bonds is 0. The Balaban J connectivity index is 3.12. The Morgan fingerprint density at radius 2 is 2.38 bits per heavy atom. The molecule has 0 fully saturated rings. The first-order valence-corrected chi connectivity index (χ1v) is 5.09. The summed E-state index contributed by atoms with van der Waals surface area (Å²) >= 11 is 4.93. The minimum Gasteiger partial charge on any atom is -0.310 e. The Morgan fingerprint density at radius 1 is 1.69 bits per heavy atom. The zero-order valence-electron chi connectivity index (χ0n) is 6.01. The van der Waals surface area contributed by atoms with Crippen molar-refractivity contribution < 1.29 is 4.39 Å². The van der Waals surface area contributed by atoms with Crippen molar-refractivity contribution in [3.8, 4) is 0 Å². The maximum Gasteiger partial charge on any atom is 0.276 e. The van der Waals surface area contributed by atoms with Crippen molar-refractivity contribution in [3.05, 3.63) is 30.7 Å². The summed E-state index contributed by atoms with van der Waals surface area (Å²) < 4.78 is 15.1. The Morgan fingerprint density at radius 3 is 3.00 bits per heavy atom. The summed E-state index contributed by atoms with van der Waals surface area (Å²) in [4.78, 5) is 13.6. The summed E-state index contributed by atoms with van der Waals surface area (Å²) in [6.45, 7) is 0. The molecular formula is C6H2BrFIN3O. The largest absolute Gasteiger partial charge is 0.310 e. The molecule has 4 nitrogen and oxygen atoms in total. The molecule has 0 saturated carbocycles. The number of nitrogens with zero attached hydrogens (tertiary/aromatic N) is 2. The van der Waals surface area contributed by atoms with Gasteiger partial charge in [-0.2, -0.15) is 14.0 Å². The molecule has 0 aliphatic carbocycles. The highest BCUT2D eigenvalue weighted by molar-refractivity contribution is 14.1. The molecule has 0 amide bonds. The van der Waals surface area contributed by atoms with Gasteiger partial charge in [-0.3, -0.25) is 4.79 Å². The molecule has 2 aromatic rings. The van der Waals surface area contributed by atoms with Crippen LogP contribution in [0.1, 0.15) is 0 Å². The third-order valence-electron chi connectivity index (χ3n) is 1.56. The number of fused-ring (bicyclic) bond motifs is 1. The second-order valence-corrected chi connectivity index (χ2v) is 4.17. The SMILES string of the molecule is O=c1[nH]cnn2c(F)c(I)c(Br)c12. The number of halogens is 3. The van der Waals surface area contributed by atoms with Crippen LogP contribution in [0.2, 0.25) is 0 Å². The molecule has 0 saturated heterocycles. The van der Waals surface area contributed by atoms with Gasteiger partial charge in [-0.15, -0.1) is 0 Å². The molecule has 0 radical (unpaired) electrons. The molecule has 0 aliphatic rings. The van der Waals surface area contributed by atoms with Gasteiger partial charge >= 0.3 is 0 Å². The van der Waals surface area contributed by atoms with Crippen molar-refractivity contribution in [2.45, 2.75) is 0 Å². The van der Waals surface area contributed by atoms with Crippen LogP contribution < -0.4 is 5.56 Å². The maximum absolute atomic E-state index is 13.3. The van der Waals surface area contributed by atoms with Crippen molar-refractivity contribution in [2.75, 3.05) is 0 Å². The van der Waals surface area contributed by atoms with Crippen LogP contribution in [0.15, 0.2) is 15.6 Å². The van der Waals surface area contributed by atoms with E-state index in [2.05, 4.69) is 26.0 Å². The van der Waals surface area contributed by atoms with E-state index in [0.29, 0.717) is 8.04 Å². The number of hydrogen-bond donors (Lipinski definition) is 1. The van der Waals surface area contributed by atoms with Gasteiger partial charge in [0.25, 0.3) is 5.56 Å². The summed E-state index contributed by atoms with van der Waals surface area (Å²) in [7, 11) is 0. The highest BCUT2D eigenvalue weighted by Gasteiger charge is 2.17. The summed E-state index contributed by atoms with van der Waals surface area (Å²) in [5, 5.41) is 3.67. The van der Waals surface area contributed by atoms with Crippen LogP contribution in [-0.2, 0) is 0 Å². The Hall–Kier alpha value is -0.440. The third kappa shape index (κ3) is 1.21. The zero-order chi connectivity index (χ0) is 9.59. The molecule has 1 N–H and O–H groups in total. The predicted molar refractivity (Wildman–Crippen MR) is 56.2 cm³/mol. The van der Waals surface area contributed by atoms with E-state index < -0.39 is 5.95 Å². The molecule has 2 aromatic heterocycles. The van der Waals surface area contributed by atoms with Crippen LogP contribution >= 0.6 is 38.5 Å². The molecule has 0 bridgehead atoms. The zero-order valence-corrected chi connectivity index (χ0v) is 9.76. The first-order chi connectivity index (χ1) is 6.13. The van der Waals surface area contributed by atoms with Crippen LogP contribution in [0.4, 0.5) is 4.39 Å². The minimum absolute atomic E-state index is 0.185. The monoisotopic (exact) mass is 357 g/mol. The Bertz CT molecular complexity index is 534. The van der Waals surface area contributed by atoms with Gasteiger partial charge in [0.15, 0.2) is 0 Å². The maximum atomic E-state index is 13.3. The van der Waals surface area contributed by atoms with Crippen molar-refractivity contribution in [1.82, 2.24) is 14.6 Å². The number of hydrogen-bond acceptors (Lipinski definition) is 2. The van der Waals surface area contributed by atoms with E-state index in [0.717, 1.165) is 10.8 Å². The second kappa shape index (κ2) is 3.05. The van der Waals surface area contributed by atoms with Crippen molar-refractivity contribution in [3.63, 3.8) is 0 Å². The fraction of sp³-hybridized carbons (Fsp3) is 0. The molecule has 2 heterocycles. The second-order valence-electron chi connectivity index (χ2n) is 2.30. The fourth-order valence-corrected chi connectivity index (χ4v) is 1.99. The normalized spacial score (nSPS) is 11.0. The van der Waals surface area contributed by atoms with Crippen LogP contribution in [0.25, 0.3) is 5.52 Å². The quantitative estimate of drug-likeness (QED) is 0.727. The molecule has 68 valence electrons. The van der Waals surface area contributed by atoms with E-state index >= 15 is 0 Å². The van der Waals surface area contributed by atoms with Crippen molar-refractivity contribution in [1.29, 1.82) is 0 Å². The van der Waals surface area contributed by atoms with Gasteiger partial charge in [0.2, 0.25) is 5.95 Å². The van der Waals surface area contributed by atoms with Gasteiger partial charge in [0.1, 0.15) is 11.8 Å². The molecular weight excluding hydrogens is 356 g/mol. The molecule has 0 spiro atoms. The Labute approximate surface area is 93.4 Å². The van der Waals surface area contributed by atoms with Crippen LogP contribution in [0.5, 0.6) is 0 Å². The van der Waals surface area contributed by atoms with Crippen LogP contribution in [0.3, 0.4) is 0 Å². The number of aromatic amines is 1. The van der Waals surface area contributed by atoms with Gasteiger partial charge < -0.3 is 4.98 Å². The molecule has 7 heteroatoms. The Kier molecular flexibility index (Phi) is 2.14. The van der Waals surface area contributed by atoms with Gasteiger partial charge in [-0.25, -0.2) is 0 Å². The van der Waals surface area contributed by atoms with Crippen LogP contribution in [0, 0.1) is 9.52 Å². The first-order valence-electron chi connectivity index (χ1n) is 3.22. The lowest BCUT2D eigenvalue weighted by atomic mass is 10.5. The number of nitrogens with one attached hydrogen (secondary N) is 1. The average molecular weight is 358 g/mol. The van der Waals surface area contributed by atoms with E-state index in [1.165, 1.54) is 0 Å². The molecule has 13 heavy (non-hydrogen) atoms. The van der Waals surface area contributed by atoms with E-state index in [1.807, 2.05) is 0 Å². The van der Waals surface area contributed by atoms with E-state index in [9.17, 15) is 9.18 Å². The first kappa shape index (κ1) is 9.13. The van der Waals surface area contributed by atoms with Gasteiger partial charge in [0.05, 0.1) is 8.04 Å². The number of H-pyrrole nitrogens is 1. The van der Waals surface area contributed by atoms with E-state index in [4.69, 9.17) is 0 Å². The highest BCUT2D eigenvalue weighted by atomic mass is 127. The molecule has 0 atom stereocenters. The van der Waals surface area contributed by atoms with Crippen molar-refractivity contribution >= 4 is 44.0 Å². The summed E-state index contributed by atoms with van der Waals surface area (Å²) in [5.74, 6) is -0.534. The lowest BCUT2D eigenvalue weighted by molar-refractivity contribution is 0.540. The van der Waals surface area contributed by atoms with Gasteiger partial charge in [-0.05, 0) is 38.5 Å². The lowest BCUT2D eigenvalue weighted by Gasteiger charge is -1.90. The molecule has 2 rings (SSSR count). The van der Waals surface area contributed by atoms with Gasteiger partial charge in [-0.1, -0.05) is 0 Å². The predicted octanol–water partition coefficient (Wildman–Crippen LogP) is 1.53. The van der Waals surface area contributed by atoms with E-state index in [1.54, 1.807) is 22.6 Å². The molecule has 0 unspecified atom stereocenters. The average Bonchev–Trinajstić information content (AvgIpc) is 2.33. The summed E-state index contributed by atoms with van der Waals surface area (Å²) in [6, 6.07) is 0. The summed E-state index contributed by atoms with van der Waals surface area (Å²) in [5.41, 5.74) is -0.187. The van der Waals surface area contributed by atoms with Gasteiger partial charge in [0, 0.05) is 0 Å². The van der Waals surface area contributed by atoms with Crippen LogP contribution in [-0.4, -0.2) is 14.6 Å². The minimum atomic E-state index is -0.534. The smallest absolute Gasteiger partial charge is 0.276 e. The standard InChI is InChI=1S/C6H2BrFIN3O/c7-2-3(9)5(8)12-4(2)6(13)10-1-11-12/h1H,(H,10,11,13). The van der Waals surface area contributed by atoms with Crippen molar-refractivity contribution in [2.24, 2.45) is 0 Å². The van der Waals surface area contributed by atoms with E-state index in [-0.39, 0.29) is 11.1 Å². The third-order valence-corrected chi connectivity index (χ3v) is 4.06. The molecule has 0 aromatic carbocycles. The summed E-state index contributed by atoms with van der Waals surface area (Å²) in [6.07, 6.45) is 1.15. The fourth-order valence-electron chi connectivity index (χ4n) is 0.997. The molecule has 0 aliphatic heterocycles. The topological polar surface area (TPSA) is 50.2 Å².